The van der Waals surface area contributed by atoms with Crippen molar-refractivity contribution in [2.24, 2.45) is 10.1 Å². The van der Waals surface area contributed by atoms with Crippen molar-refractivity contribution in [3.63, 3.8) is 0 Å². The maximum atomic E-state index is 12.5. The number of amides is 1. The second kappa shape index (κ2) is 6.12. The van der Waals surface area contributed by atoms with Crippen LogP contribution in [0.15, 0.2) is 58.6 Å². The zero-order chi connectivity index (χ0) is 16.4. The van der Waals surface area contributed by atoms with Crippen LogP contribution in [0.25, 0.3) is 10.4 Å². The van der Waals surface area contributed by atoms with Gasteiger partial charge in [0, 0.05) is 28.1 Å². The van der Waals surface area contributed by atoms with E-state index in [1.165, 1.54) is 4.90 Å². The smallest absolute Gasteiger partial charge is 0.257 e. The number of hydrogen-bond acceptors (Lipinski definition) is 3. The van der Waals surface area contributed by atoms with Crippen LogP contribution in [0.3, 0.4) is 0 Å². The summed E-state index contributed by atoms with van der Waals surface area (Å²) in [6.07, 6.45) is -1.15. The molecule has 0 N–H and O–H groups in total. The summed E-state index contributed by atoms with van der Waals surface area (Å²) in [5, 5.41) is 4.06. The monoisotopic (exact) mass is 325 g/mol. The lowest BCUT2D eigenvalue weighted by Gasteiger charge is -2.19. The van der Waals surface area contributed by atoms with Gasteiger partial charge in [-0.1, -0.05) is 47.0 Å². The standard InChI is InChI=1S/C16H12ClN5O/c1-22-13-8-7-11(17)9-12(13)14(10-5-3-2-4-6-10)19-15(16(22)23)20-21-18/h2-9,15H,1H3. The largest absolute Gasteiger partial charge is 0.313 e. The molecule has 1 amide bonds. The van der Waals surface area contributed by atoms with E-state index in [-0.39, 0.29) is 0 Å². The maximum absolute atomic E-state index is 12.5. The first kappa shape index (κ1) is 15.1. The molecule has 7 heteroatoms. The van der Waals surface area contributed by atoms with Crippen LogP contribution in [-0.2, 0) is 4.79 Å². The normalized spacial score (nSPS) is 17.0. The van der Waals surface area contributed by atoms with Gasteiger partial charge in [0.05, 0.1) is 11.4 Å². The summed E-state index contributed by atoms with van der Waals surface area (Å²) in [6, 6.07) is 14.6. The van der Waals surface area contributed by atoms with Gasteiger partial charge >= 0.3 is 0 Å². The second-order valence-corrected chi connectivity index (χ2v) is 5.42. The van der Waals surface area contributed by atoms with Crippen LogP contribution < -0.4 is 4.90 Å². The first-order valence-electron chi connectivity index (χ1n) is 6.86. The second-order valence-electron chi connectivity index (χ2n) is 4.98. The number of carbonyl (C=O) groups is 1. The van der Waals surface area contributed by atoms with Gasteiger partial charge in [-0.2, -0.15) is 0 Å². The molecule has 0 aromatic heterocycles. The van der Waals surface area contributed by atoms with Gasteiger partial charge in [-0.25, -0.2) is 0 Å². The minimum absolute atomic E-state index is 0.391. The number of hydrogen-bond donors (Lipinski definition) is 0. The van der Waals surface area contributed by atoms with E-state index >= 15 is 0 Å². The average Bonchev–Trinajstić information content (AvgIpc) is 2.66. The van der Waals surface area contributed by atoms with Gasteiger partial charge in [-0.15, -0.1) is 0 Å². The fourth-order valence-electron chi connectivity index (χ4n) is 2.48. The Morgan fingerprint density at radius 3 is 2.70 bits per heavy atom. The summed E-state index contributed by atoms with van der Waals surface area (Å²) in [5.41, 5.74) is 11.5. The number of halogens is 1. The summed E-state index contributed by atoms with van der Waals surface area (Å²) < 4.78 is 0. The van der Waals surface area contributed by atoms with Crippen LogP contribution in [0, 0.1) is 0 Å². The van der Waals surface area contributed by atoms with Gasteiger partial charge in [0.25, 0.3) is 5.91 Å². The van der Waals surface area contributed by atoms with Crippen LogP contribution in [0.5, 0.6) is 0 Å². The molecule has 1 unspecified atom stereocenters. The van der Waals surface area contributed by atoms with E-state index in [9.17, 15) is 4.79 Å². The van der Waals surface area contributed by atoms with E-state index in [1.54, 1.807) is 25.2 Å². The van der Waals surface area contributed by atoms with Crippen molar-refractivity contribution in [2.45, 2.75) is 6.17 Å². The summed E-state index contributed by atoms with van der Waals surface area (Å²) >= 11 is 6.12. The number of likely N-dealkylation sites (N-methyl/N-ethyl adjacent to an activating group) is 1. The number of nitrogens with zero attached hydrogens (tertiary/aromatic N) is 5. The predicted molar refractivity (Wildman–Crippen MR) is 89.9 cm³/mol. The Kier molecular flexibility index (Phi) is 4.02. The van der Waals surface area contributed by atoms with Crippen LogP contribution in [0.4, 0.5) is 5.69 Å². The number of benzodiazepines with no additional fused rings is 1. The lowest BCUT2D eigenvalue weighted by molar-refractivity contribution is -0.119. The van der Waals surface area contributed by atoms with E-state index in [1.807, 2.05) is 30.3 Å². The molecule has 2 aromatic carbocycles. The molecule has 2 aromatic rings. The van der Waals surface area contributed by atoms with Crippen molar-refractivity contribution in [3.05, 3.63) is 75.1 Å². The molecular weight excluding hydrogens is 314 g/mol. The van der Waals surface area contributed by atoms with Crippen LogP contribution >= 0.6 is 11.6 Å². The summed E-state index contributed by atoms with van der Waals surface area (Å²) in [5.74, 6) is -0.391. The molecule has 1 aliphatic heterocycles. The molecule has 1 heterocycles. The number of rotatable bonds is 2. The molecule has 0 spiro atoms. The molecule has 1 aliphatic rings. The number of anilines is 1. The molecule has 0 bridgehead atoms. The minimum atomic E-state index is -1.15. The fraction of sp³-hybridized carbons (Fsp3) is 0.125. The van der Waals surface area contributed by atoms with E-state index in [2.05, 4.69) is 15.0 Å². The highest BCUT2D eigenvalue weighted by atomic mass is 35.5. The quantitative estimate of drug-likeness (QED) is 0.470. The van der Waals surface area contributed by atoms with Crippen molar-refractivity contribution in [3.8, 4) is 0 Å². The zero-order valence-corrected chi connectivity index (χ0v) is 13.0. The molecule has 114 valence electrons. The summed E-state index contributed by atoms with van der Waals surface area (Å²) in [7, 11) is 1.62. The van der Waals surface area contributed by atoms with Crippen LogP contribution in [-0.4, -0.2) is 24.8 Å². The molecule has 23 heavy (non-hydrogen) atoms. The Morgan fingerprint density at radius 2 is 2.00 bits per heavy atom. The van der Waals surface area contributed by atoms with Gasteiger partial charge in [-0.3, -0.25) is 9.79 Å². The summed E-state index contributed by atoms with van der Waals surface area (Å²) in [6.45, 7) is 0. The van der Waals surface area contributed by atoms with E-state index in [4.69, 9.17) is 17.1 Å². The molecular formula is C16H12ClN5O. The van der Waals surface area contributed by atoms with E-state index < -0.39 is 12.1 Å². The Morgan fingerprint density at radius 1 is 1.26 bits per heavy atom. The zero-order valence-electron chi connectivity index (χ0n) is 12.2. The van der Waals surface area contributed by atoms with Crippen molar-refractivity contribution in [1.29, 1.82) is 0 Å². The number of fused-ring (bicyclic) bond motifs is 1. The van der Waals surface area contributed by atoms with Gasteiger partial charge in [0.15, 0.2) is 0 Å². The third-order valence-corrected chi connectivity index (χ3v) is 3.82. The molecule has 0 radical (unpaired) electrons. The number of aliphatic imine (C=N–C) groups is 1. The SMILES string of the molecule is CN1C(=O)C(N=[N+]=[N-])N=C(c2ccccc2)c2cc(Cl)ccc21. The number of carbonyl (C=O) groups excluding carboxylic acids is 1. The Balaban J connectivity index is 2.30. The first-order chi connectivity index (χ1) is 11.1. The van der Waals surface area contributed by atoms with Crippen LogP contribution in [0.2, 0.25) is 5.02 Å². The molecule has 3 rings (SSSR count). The molecule has 0 saturated carbocycles. The van der Waals surface area contributed by atoms with Gasteiger partial charge < -0.3 is 4.90 Å². The highest BCUT2D eigenvalue weighted by Crippen LogP contribution is 2.30. The molecule has 1 atom stereocenters. The molecule has 0 fully saturated rings. The van der Waals surface area contributed by atoms with Crippen molar-refractivity contribution in [2.75, 3.05) is 11.9 Å². The third kappa shape index (κ3) is 2.77. The van der Waals surface area contributed by atoms with Gasteiger partial charge in [0.2, 0.25) is 6.17 Å². The first-order valence-corrected chi connectivity index (χ1v) is 7.24. The number of benzene rings is 2. The Bertz CT molecular complexity index is 843. The third-order valence-electron chi connectivity index (χ3n) is 3.59. The van der Waals surface area contributed by atoms with Crippen molar-refractivity contribution in [1.82, 2.24) is 0 Å². The lowest BCUT2D eigenvalue weighted by atomic mass is 10.0. The highest BCUT2D eigenvalue weighted by molar-refractivity contribution is 6.32. The highest BCUT2D eigenvalue weighted by Gasteiger charge is 2.29. The summed E-state index contributed by atoms with van der Waals surface area (Å²) in [4.78, 5) is 21.1. The number of azide groups is 1. The topological polar surface area (TPSA) is 81.4 Å². The van der Waals surface area contributed by atoms with Crippen molar-refractivity contribution < 1.29 is 4.79 Å². The van der Waals surface area contributed by atoms with Gasteiger partial charge in [-0.05, 0) is 23.7 Å². The molecule has 6 nitrogen and oxygen atoms in total. The lowest BCUT2D eigenvalue weighted by Crippen LogP contribution is -2.33. The fourth-order valence-corrected chi connectivity index (χ4v) is 2.65. The van der Waals surface area contributed by atoms with Gasteiger partial charge in [0.1, 0.15) is 0 Å². The molecule has 0 saturated heterocycles. The Hall–Kier alpha value is -2.82. The van der Waals surface area contributed by atoms with Crippen molar-refractivity contribution >= 4 is 28.9 Å². The molecule has 0 aliphatic carbocycles. The average molecular weight is 326 g/mol. The Labute approximate surface area is 137 Å². The van der Waals surface area contributed by atoms with E-state index in [0.717, 1.165) is 11.1 Å². The maximum Gasteiger partial charge on any atom is 0.257 e. The van der Waals surface area contributed by atoms with Crippen LogP contribution in [0.1, 0.15) is 11.1 Å². The minimum Gasteiger partial charge on any atom is -0.313 e. The van der Waals surface area contributed by atoms with E-state index in [0.29, 0.717) is 16.4 Å². The predicted octanol–water partition coefficient (Wildman–Crippen LogP) is 3.79.